The number of rotatable bonds is 39. The van der Waals surface area contributed by atoms with Gasteiger partial charge in [0.05, 0.1) is 25.4 Å². The molecule has 31 nitrogen and oxygen atoms in total. The fourth-order valence-corrected chi connectivity index (χ4v) is 8.35. The number of aliphatic carboxylic acids is 4. The number of carbonyl (C=O) groups is 14. The van der Waals surface area contributed by atoms with Crippen LogP contribution in [-0.4, -0.2) is 176 Å². The molecule has 84 heavy (non-hydrogen) atoms. The number of primary amides is 1. The molecule has 466 valence electrons. The van der Waals surface area contributed by atoms with Crippen LogP contribution in [-0.2, 0) is 73.5 Å². The molecule has 2 aromatic rings. The maximum Gasteiger partial charge on any atom is 0.326 e. The number of carboxylic acids is 4. The summed E-state index contributed by atoms with van der Waals surface area (Å²) in [5.41, 5.74) is 17.9. The van der Waals surface area contributed by atoms with E-state index in [0.29, 0.717) is 35.9 Å². The second kappa shape index (κ2) is 35.3. The van der Waals surface area contributed by atoms with Crippen LogP contribution in [0.4, 0.5) is 0 Å². The third-order valence-electron chi connectivity index (χ3n) is 13.4. The fraction of sp³-hybridized carbons (Fsp3) is 0.585. The molecule has 10 atom stereocenters. The molecule has 0 saturated heterocycles. The lowest BCUT2D eigenvalue weighted by Gasteiger charge is -2.29. The van der Waals surface area contributed by atoms with Gasteiger partial charge in [-0.05, 0) is 61.6 Å². The number of nitrogens with two attached hydrogens (primary N) is 3. The molecule has 2 rings (SSSR count). The molecule has 0 aliphatic carbocycles. The molecule has 0 radical (unpaired) electrons. The summed E-state index contributed by atoms with van der Waals surface area (Å²) in [4.78, 5) is 185. The number of para-hydroxylation sites is 1. The van der Waals surface area contributed by atoms with Gasteiger partial charge < -0.3 is 90.5 Å². The number of benzene rings is 1. The highest BCUT2D eigenvalue weighted by atomic mass is 16.4. The molecule has 0 unspecified atom stereocenters. The van der Waals surface area contributed by atoms with Crippen LogP contribution in [0.5, 0.6) is 0 Å². The standard InChI is InChI=1S/C53H81N13O18/c1-7-27(6)44(64-38(68)24-58-50(80)42(25(2)3)65-49(79)36(22-41(73)74)61-45(75)30(55)13-10-11-19-54)52(82)59-32(15-17-37(56)67)46(76)66-43(26(4)5)51(81)63-35(21-40(71)72)48(78)62-34(20-28-23-57-31-14-9-8-12-29(28)31)47(77)60-33(53(83)84)16-18-39(69)70/h8-9,12,14,23,25-27,30,32-36,42-44,57H,7,10-11,13,15-22,24,54-55H2,1-6H3,(H2,56,67)(H,58,80)(H,59,82)(H,60,77)(H,61,75)(H,62,78)(H,63,81)(H,64,68)(H,65,79)(H,66,76)(H,69,70)(H,71,72)(H,73,74)(H,83,84)/t27-,30-,32-,33-,34-,35-,36-,42-,43-,44-/m0/s1. The second-order valence-corrected chi connectivity index (χ2v) is 20.8. The van der Waals surface area contributed by atoms with Crippen molar-refractivity contribution >= 4 is 93.9 Å². The monoisotopic (exact) mass is 1190 g/mol. The van der Waals surface area contributed by atoms with Crippen molar-refractivity contribution in [1.82, 2.24) is 52.8 Å². The van der Waals surface area contributed by atoms with Gasteiger partial charge in [-0.2, -0.15) is 0 Å². The first-order valence-corrected chi connectivity index (χ1v) is 27.3. The second-order valence-electron chi connectivity index (χ2n) is 20.8. The summed E-state index contributed by atoms with van der Waals surface area (Å²) in [6, 6.07) is -7.32. The number of hydrogen-bond acceptors (Lipinski definition) is 16. The number of unbranched alkanes of at least 4 members (excludes halogenated alkanes) is 1. The van der Waals surface area contributed by atoms with E-state index in [9.17, 15) is 82.4 Å². The zero-order valence-corrected chi connectivity index (χ0v) is 47.7. The number of fused-ring (bicyclic) bond motifs is 1. The predicted octanol–water partition coefficient (Wildman–Crippen LogP) is -3.32. The average molecular weight is 1190 g/mol. The minimum absolute atomic E-state index is 0.199. The molecule has 1 aromatic carbocycles. The van der Waals surface area contributed by atoms with E-state index in [4.69, 9.17) is 22.3 Å². The zero-order valence-electron chi connectivity index (χ0n) is 47.7. The Morgan fingerprint density at radius 1 is 0.536 bits per heavy atom. The number of carbonyl (C=O) groups excluding carboxylic acids is 10. The largest absolute Gasteiger partial charge is 0.481 e. The summed E-state index contributed by atoms with van der Waals surface area (Å²) in [6.45, 7) is 8.81. The molecule has 1 aromatic heterocycles. The molecule has 1 heterocycles. The SMILES string of the molecule is CC[C@H](C)[C@H](NC(=O)CNC(=O)[C@@H](NC(=O)[C@H](CC(=O)O)NC(=O)[C@@H](N)CCCCN)C(C)C)C(=O)N[C@@H](CCC(N)=O)C(=O)N[C@H](C(=O)N[C@@H](CC(=O)O)C(=O)N[C@@H](Cc1c[nH]c2ccccc12)C(=O)N[C@@H](CCC(=O)O)C(=O)O)C(C)C. The first-order valence-electron chi connectivity index (χ1n) is 27.3. The van der Waals surface area contributed by atoms with E-state index >= 15 is 0 Å². The third-order valence-corrected chi connectivity index (χ3v) is 13.4. The van der Waals surface area contributed by atoms with Crippen molar-refractivity contribution in [3.8, 4) is 0 Å². The fourth-order valence-electron chi connectivity index (χ4n) is 8.35. The first kappa shape index (κ1) is 71.4. The molecule has 0 fully saturated rings. The van der Waals surface area contributed by atoms with Gasteiger partial charge in [0.15, 0.2) is 0 Å². The molecule has 20 N–H and O–H groups in total. The van der Waals surface area contributed by atoms with Crippen molar-refractivity contribution in [3.63, 3.8) is 0 Å². The summed E-state index contributed by atoms with van der Waals surface area (Å²) < 4.78 is 0. The predicted molar refractivity (Wildman–Crippen MR) is 298 cm³/mol. The highest BCUT2D eigenvalue weighted by Crippen LogP contribution is 2.20. The lowest BCUT2D eigenvalue weighted by atomic mass is 9.97. The van der Waals surface area contributed by atoms with E-state index in [-0.39, 0.29) is 19.3 Å². The highest BCUT2D eigenvalue weighted by molar-refractivity contribution is 5.99. The van der Waals surface area contributed by atoms with Gasteiger partial charge in [0.2, 0.25) is 59.1 Å². The summed E-state index contributed by atoms with van der Waals surface area (Å²) in [6.07, 6.45) is -1.40. The van der Waals surface area contributed by atoms with Gasteiger partial charge in [-0.3, -0.25) is 62.3 Å². The Labute approximate surface area is 483 Å². The zero-order chi connectivity index (χ0) is 63.5. The van der Waals surface area contributed by atoms with E-state index in [0.717, 1.165) is 0 Å². The van der Waals surface area contributed by atoms with E-state index in [1.165, 1.54) is 33.9 Å². The molecular formula is C53H81N13O18. The number of H-pyrrole nitrogens is 1. The van der Waals surface area contributed by atoms with Crippen LogP contribution in [0.1, 0.15) is 111 Å². The quantitative estimate of drug-likeness (QED) is 0.0291. The minimum atomic E-state index is -1.96. The number of amides is 10. The van der Waals surface area contributed by atoms with Gasteiger partial charge in [0.25, 0.3) is 0 Å². The Bertz CT molecular complexity index is 2680. The first-order chi connectivity index (χ1) is 39.4. The van der Waals surface area contributed by atoms with Gasteiger partial charge in [-0.1, -0.05) is 72.6 Å². The van der Waals surface area contributed by atoms with Crippen LogP contribution in [0.2, 0.25) is 0 Å². The number of carboxylic acid groups (broad SMARTS) is 4. The van der Waals surface area contributed by atoms with Crippen molar-refractivity contribution < 1.29 is 87.5 Å². The Morgan fingerprint density at radius 3 is 1.56 bits per heavy atom. The van der Waals surface area contributed by atoms with Crippen LogP contribution in [0.3, 0.4) is 0 Å². The normalized spacial score (nSPS) is 14.7. The van der Waals surface area contributed by atoms with E-state index in [1.807, 2.05) is 0 Å². The Balaban J connectivity index is 2.34. The minimum Gasteiger partial charge on any atom is -0.481 e. The van der Waals surface area contributed by atoms with Crippen LogP contribution in [0, 0.1) is 17.8 Å². The van der Waals surface area contributed by atoms with E-state index in [2.05, 4.69) is 52.8 Å². The lowest BCUT2D eigenvalue weighted by molar-refractivity contribution is -0.144. The number of nitrogens with one attached hydrogen (secondary N) is 10. The number of aromatic amines is 1. The van der Waals surface area contributed by atoms with Crippen LogP contribution >= 0.6 is 0 Å². The molecule has 0 aliphatic rings. The van der Waals surface area contributed by atoms with Crippen LogP contribution in [0.15, 0.2) is 30.5 Å². The van der Waals surface area contributed by atoms with Gasteiger partial charge >= 0.3 is 23.9 Å². The summed E-state index contributed by atoms with van der Waals surface area (Å²) >= 11 is 0. The van der Waals surface area contributed by atoms with Crippen LogP contribution < -0.4 is 65.1 Å². The van der Waals surface area contributed by atoms with Crippen LogP contribution in [0.25, 0.3) is 10.9 Å². The maximum atomic E-state index is 14.1. The molecule has 0 spiro atoms. The summed E-state index contributed by atoms with van der Waals surface area (Å²) in [5.74, 6) is -18.3. The van der Waals surface area contributed by atoms with Gasteiger partial charge in [0, 0.05) is 36.4 Å². The molecule has 0 saturated carbocycles. The third kappa shape index (κ3) is 24.4. The highest BCUT2D eigenvalue weighted by Gasteiger charge is 2.37. The Kier molecular flexibility index (Phi) is 30.0. The molecular weight excluding hydrogens is 1110 g/mol. The summed E-state index contributed by atoms with van der Waals surface area (Å²) in [5, 5.41) is 60.2. The Hall–Kier alpha value is -8.74. The number of aromatic nitrogens is 1. The van der Waals surface area contributed by atoms with Crippen molar-refractivity contribution in [2.24, 2.45) is 35.0 Å². The van der Waals surface area contributed by atoms with Gasteiger partial charge in [-0.25, -0.2) is 4.79 Å². The lowest BCUT2D eigenvalue weighted by Crippen LogP contribution is -2.61. The van der Waals surface area contributed by atoms with E-state index in [1.54, 1.807) is 38.1 Å². The van der Waals surface area contributed by atoms with Crippen molar-refractivity contribution in [3.05, 3.63) is 36.0 Å². The topological polar surface area (TPSA) is 522 Å². The smallest absolute Gasteiger partial charge is 0.326 e. The average Bonchev–Trinajstić information content (AvgIpc) is 3.99. The summed E-state index contributed by atoms with van der Waals surface area (Å²) in [7, 11) is 0. The molecule has 0 aliphatic heterocycles. The number of hydrogen-bond donors (Lipinski definition) is 17. The molecule has 0 bridgehead atoms. The molecule has 10 amide bonds. The van der Waals surface area contributed by atoms with Gasteiger partial charge in [-0.15, -0.1) is 0 Å². The van der Waals surface area contributed by atoms with Crippen molar-refractivity contribution in [1.29, 1.82) is 0 Å². The van der Waals surface area contributed by atoms with Crippen molar-refractivity contribution in [2.75, 3.05) is 13.1 Å². The molecule has 31 heteroatoms. The Morgan fingerprint density at radius 2 is 1.02 bits per heavy atom. The maximum absolute atomic E-state index is 14.1. The van der Waals surface area contributed by atoms with E-state index < -0.39 is 200 Å². The van der Waals surface area contributed by atoms with Gasteiger partial charge in [0.1, 0.15) is 48.3 Å². The van der Waals surface area contributed by atoms with Crippen molar-refractivity contribution in [2.45, 2.75) is 167 Å².